The van der Waals surface area contributed by atoms with Crippen molar-refractivity contribution < 1.29 is 0 Å². The van der Waals surface area contributed by atoms with Crippen LogP contribution >= 0.6 is 15.9 Å². The number of anilines is 1. The summed E-state index contributed by atoms with van der Waals surface area (Å²) in [5.41, 5.74) is 3.41. The fraction of sp³-hybridized carbons (Fsp3) is 0.250. The fourth-order valence-corrected chi connectivity index (χ4v) is 3.18. The van der Waals surface area contributed by atoms with Crippen molar-refractivity contribution in [2.45, 2.75) is 13.0 Å². The molecule has 0 radical (unpaired) electrons. The second-order valence-corrected chi connectivity index (χ2v) is 6.41. The van der Waals surface area contributed by atoms with Crippen LogP contribution in [0, 0.1) is 6.92 Å². The average Bonchev–Trinajstić information content (AvgIpc) is 2.83. The van der Waals surface area contributed by atoms with Crippen molar-refractivity contribution in [3.63, 3.8) is 0 Å². The first-order valence-electron chi connectivity index (χ1n) is 7.02. The van der Waals surface area contributed by atoms with Gasteiger partial charge in [0.2, 0.25) is 0 Å². The van der Waals surface area contributed by atoms with E-state index in [0.717, 1.165) is 28.8 Å². The lowest BCUT2D eigenvalue weighted by Gasteiger charge is -2.41. The van der Waals surface area contributed by atoms with Crippen LogP contribution in [0.5, 0.6) is 0 Å². The number of nitrogens with zero attached hydrogens (tertiary/aromatic N) is 4. The van der Waals surface area contributed by atoms with Gasteiger partial charge in [-0.1, -0.05) is 18.2 Å². The third-order valence-electron chi connectivity index (χ3n) is 3.97. The highest BCUT2D eigenvalue weighted by molar-refractivity contribution is 9.10. The van der Waals surface area contributed by atoms with Gasteiger partial charge in [-0.15, -0.1) is 0 Å². The predicted octanol–water partition coefficient (Wildman–Crippen LogP) is 3.56. The second kappa shape index (κ2) is 4.84. The summed E-state index contributed by atoms with van der Waals surface area (Å²) in [7, 11) is 0. The number of para-hydroxylation sites is 1. The third-order valence-corrected chi connectivity index (χ3v) is 4.38. The van der Waals surface area contributed by atoms with E-state index in [2.05, 4.69) is 62.1 Å². The van der Waals surface area contributed by atoms with Crippen LogP contribution in [0.2, 0.25) is 0 Å². The largest absolute Gasteiger partial charge is 0.366 e. The molecular formula is C16H15BrN4. The Morgan fingerprint density at radius 2 is 2.05 bits per heavy atom. The van der Waals surface area contributed by atoms with Crippen LogP contribution in [0.4, 0.5) is 5.69 Å². The van der Waals surface area contributed by atoms with Crippen molar-refractivity contribution in [3.05, 3.63) is 52.9 Å². The van der Waals surface area contributed by atoms with Crippen molar-refractivity contribution >= 4 is 32.5 Å². The molecule has 0 aliphatic carbocycles. The van der Waals surface area contributed by atoms with E-state index >= 15 is 0 Å². The van der Waals surface area contributed by atoms with Gasteiger partial charge in [0.25, 0.3) is 0 Å². The van der Waals surface area contributed by atoms with E-state index in [1.165, 1.54) is 11.1 Å². The zero-order chi connectivity index (χ0) is 14.4. The number of fused-ring (bicyclic) bond motifs is 1. The minimum atomic E-state index is 0.448. The Kier molecular flexibility index (Phi) is 2.96. The highest BCUT2D eigenvalue weighted by atomic mass is 79.9. The Bertz CT molecular complexity index is 805. The molecule has 0 bridgehead atoms. The summed E-state index contributed by atoms with van der Waals surface area (Å²) in [6, 6.07) is 11.0. The number of rotatable bonds is 2. The van der Waals surface area contributed by atoms with Gasteiger partial charge in [0.1, 0.15) is 0 Å². The summed E-state index contributed by atoms with van der Waals surface area (Å²) in [5, 5.41) is 5.60. The van der Waals surface area contributed by atoms with Gasteiger partial charge in [-0.3, -0.25) is 9.67 Å². The lowest BCUT2D eigenvalue weighted by molar-refractivity contribution is 0.368. The summed E-state index contributed by atoms with van der Waals surface area (Å²) in [6.07, 6.45) is 3.88. The molecule has 0 amide bonds. The van der Waals surface area contributed by atoms with E-state index in [1.807, 2.05) is 23.1 Å². The van der Waals surface area contributed by atoms with Gasteiger partial charge >= 0.3 is 0 Å². The molecular weight excluding hydrogens is 328 g/mol. The quantitative estimate of drug-likeness (QED) is 0.713. The number of halogens is 1. The predicted molar refractivity (Wildman–Crippen MR) is 87.7 cm³/mol. The Morgan fingerprint density at radius 3 is 2.81 bits per heavy atom. The molecule has 0 N–H and O–H groups in total. The number of hydrogen-bond acceptors (Lipinski definition) is 3. The first-order valence-corrected chi connectivity index (χ1v) is 7.81. The van der Waals surface area contributed by atoms with Crippen LogP contribution in [0.25, 0.3) is 10.9 Å². The Morgan fingerprint density at radius 1 is 1.24 bits per heavy atom. The number of aromatic nitrogens is 3. The molecule has 4 rings (SSSR count). The van der Waals surface area contributed by atoms with Crippen molar-refractivity contribution in [3.8, 4) is 0 Å². The van der Waals surface area contributed by atoms with Gasteiger partial charge in [0, 0.05) is 36.1 Å². The smallest absolute Gasteiger partial charge is 0.0868 e. The van der Waals surface area contributed by atoms with Gasteiger partial charge < -0.3 is 4.90 Å². The molecule has 1 aromatic carbocycles. The summed E-state index contributed by atoms with van der Waals surface area (Å²) >= 11 is 3.45. The van der Waals surface area contributed by atoms with Crippen molar-refractivity contribution in [1.29, 1.82) is 0 Å². The van der Waals surface area contributed by atoms with Gasteiger partial charge in [-0.05, 0) is 35.0 Å². The third kappa shape index (κ3) is 2.21. The topological polar surface area (TPSA) is 34.0 Å². The van der Waals surface area contributed by atoms with Gasteiger partial charge in [-0.25, -0.2) is 0 Å². The summed E-state index contributed by atoms with van der Waals surface area (Å²) < 4.78 is 3.07. The van der Waals surface area contributed by atoms with Crippen molar-refractivity contribution in [1.82, 2.24) is 14.8 Å². The van der Waals surface area contributed by atoms with Crippen LogP contribution in [0.3, 0.4) is 0 Å². The molecule has 1 aliphatic rings. The molecule has 5 heteroatoms. The Labute approximate surface area is 131 Å². The molecule has 1 saturated heterocycles. The van der Waals surface area contributed by atoms with E-state index in [-0.39, 0.29) is 0 Å². The number of hydrogen-bond donors (Lipinski definition) is 0. The standard InChI is InChI=1S/C16H15BrN4/c1-11-6-16(14-4-2-3-5-15(14)19-11)20-9-13(10-20)21-8-12(17)7-18-21/h2-8,13H,9-10H2,1H3. The van der Waals surface area contributed by atoms with Gasteiger partial charge in [0.15, 0.2) is 0 Å². The molecule has 0 saturated carbocycles. The summed E-state index contributed by atoms with van der Waals surface area (Å²) in [6.45, 7) is 4.03. The molecule has 3 heterocycles. The van der Waals surface area contributed by atoms with Crippen LogP contribution in [-0.4, -0.2) is 27.9 Å². The average molecular weight is 343 g/mol. The summed E-state index contributed by atoms with van der Waals surface area (Å²) in [4.78, 5) is 7.01. The van der Waals surface area contributed by atoms with E-state index in [1.54, 1.807) is 0 Å². The first kappa shape index (κ1) is 12.8. The maximum atomic E-state index is 4.61. The molecule has 0 unspecified atom stereocenters. The van der Waals surface area contributed by atoms with Crippen molar-refractivity contribution in [2.75, 3.05) is 18.0 Å². The van der Waals surface area contributed by atoms with Gasteiger partial charge in [-0.2, -0.15) is 5.10 Å². The van der Waals surface area contributed by atoms with Crippen LogP contribution < -0.4 is 4.90 Å². The molecule has 21 heavy (non-hydrogen) atoms. The van der Waals surface area contributed by atoms with Crippen LogP contribution in [-0.2, 0) is 0 Å². The van der Waals surface area contributed by atoms with E-state index in [9.17, 15) is 0 Å². The normalized spacial score (nSPS) is 15.4. The first-order chi connectivity index (χ1) is 10.2. The molecule has 2 aromatic heterocycles. The SMILES string of the molecule is Cc1cc(N2CC(n3cc(Br)cn3)C2)c2ccccc2n1. The number of aryl methyl sites for hydroxylation is 1. The monoisotopic (exact) mass is 342 g/mol. The minimum absolute atomic E-state index is 0.448. The molecule has 4 nitrogen and oxygen atoms in total. The van der Waals surface area contributed by atoms with Gasteiger partial charge in [0.05, 0.1) is 22.2 Å². The van der Waals surface area contributed by atoms with E-state index in [4.69, 9.17) is 0 Å². The highest BCUT2D eigenvalue weighted by Gasteiger charge is 2.30. The molecule has 1 aliphatic heterocycles. The molecule has 0 spiro atoms. The fourth-order valence-electron chi connectivity index (χ4n) is 2.88. The van der Waals surface area contributed by atoms with E-state index in [0.29, 0.717) is 6.04 Å². The molecule has 0 atom stereocenters. The zero-order valence-electron chi connectivity index (χ0n) is 11.7. The molecule has 106 valence electrons. The lowest BCUT2D eigenvalue weighted by atomic mass is 10.0. The molecule has 1 fully saturated rings. The van der Waals surface area contributed by atoms with Crippen LogP contribution in [0.1, 0.15) is 11.7 Å². The van der Waals surface area contributed by atoms with Crippen molar-refractivity contribution in [2.24, 2.45) is 0 Å². The Balaban J connectivity index is 1.64. The zero-order valence-corrected chi connectivity index (χ0v) is 13.3. The number of benzene rings is 1. The van der Waals surface area contributed by atoms with E-state index < -0.39 is 0 Å². The maximum Gasteiger partial charge on any atom is 0.0868 e. The maximum absolute atomic E-state index is 4.61. The minimum Gasteiger partial charge on any atom is -0.366 e. The van der Waals surface area contributed by atoms with Crippen LogP contribution in [0.15, 0.2) is 47.2 Å². The Hall–Kier alpha value is -1.88. The second-order valence-electron chi connectivity index (χ2n) is 5.50. The highest BCUT2D eigenvalue weighted by Crippen LogP contribution is 2.33. The lowest BCUT2D eigenvalue weighted by Crippen LogP contribution is -2.48. The molecule has 3 aromatic rings. The number of pyridine rings is 1. The summed E-state index contributed by atoms with van der Waals surface area (Å²) in [5.74, 6) is 0.